The van der Waals surface area contributed by atoms with E-state index in [1.165, 1.54) is 12.1 Å². The molecule has 1 N–H and O–H groups in total. The van der Waals surface area contributed by atoms with Crippen molar-refractivity contribution < 1.29 is 24.2 Å². The number of hydrogen-bond donors (Lipinski definition) is 1. The highest BCUT2D eigenvalue weighted by atomic mass is 16.5. The molecule has 3 aromatic rings. The van der Waals surface area contributed by atoms with E-state index in [1.54, 1.807) is 17.0 Å². The number of carboxylic acids is 1. The third-order valence-corrected chi connectivity index (χ3v) is 7.03. The number of Topliss-reactive ketones (excluding diaryl/α,β-unsaturated/α-hetero) is 1. The van der Waals surface area contributed by atoms with Gasteiger partial charge in [-0.15, -0.1) is 0 Å². The van der Waals surface area contributed by atoms with E-state index in [9.17, 15) is 19.5 Å². The Morgan fingerprint density at radius 3 is 2.41 bits per heavy atom. The number of carbonyl (C=O) groups excluding carboxylic acids is 2. The zero-order valence-corrected chi connectivity index (χ0v) is 20.9. The Labute approximate surface area is 216 Å². The molecule has 0 radical (unpaired) electrons. The summed E-state index contributed by atoms with van der Waals surface area (Å²) in [5.41, 5.74) is 3.55. The summed E-state index contributed by atoms with van der Waals surface area (Å²) >= 11 is 0. The average Bonchev–Trinajstić information content (AvgIpc) is 2.87. The van der Waals surface area contributed by atoms with Gasteiger partial charge >= 0.3 is 5.97 Å². The number of anilines is 1. The minimum absolute atomic E-state index is 0.0348. The number of allylic oxidation sites excluding steroid dienone is 2. The van der Waals surface area contributed by atoms with E-state index in [2.05, 4.69) is 0 Å². The van der Waals surface area contributed by atoms with Gasteiger partial charge in [0.15, 0.2) is 5.78 Å². The molecular formula is C31H29NO5. The van der Waals surface area contributed by atoms with Crippen molar-refractivity contribution in [1.82, 2.24) is 0 Å². The standard InChI is InChI=1S/C31H29NO5/c1-31(2)17-26-29(27(33)18-31)25(16-28(34)32(26)23-10-6-9-22(15-23)30(35)36)21-11-13-24(14-12-21)37-19-20-7-4-3-5-8-20/h3-15,25H,16-19H2,1-2H3,(H,35,36). The Hall–Kier alpha value is -4.19. The van der Waals surface area contributed by atoms with Crippen LogP contribution in [-0.4, -0.2) is 22.8 Å². The van der Waals surface area contributed by atoms with Gasteiger partial charge < -0.3 is 9.84 Å². The molecule has 6 heteroatoms. The third kappa shape index (κ3) is 5.05. The van der Waals surface area contributed by atoms with E-state index in [-0.39, 0.29) is 35.0 Å². The summed E-state index contributed by atoms with van der Waals surface area (Å²) in [6, 6.07) is 23.9. The van der Waals surface area contributed by atoms with E-state index in [0.717, 1.165) is 11.1 Å². The number of aromatic carboxylic acids is 1. The fraction of sp³-hybridized carbons (Fsp3) is 0.258. The molecule has 3 aromatic carbocycles. The molecule has 1 heterocycles. The largest absolute Gasteiger partial charge is 0.489 e. The van der Waals surface area contributed by atoms with Gasteiger partial charge in [-0.3, -0.25) is 14.5 Å². The number of nitrogens with zero attached hydrogens (tertiary/aromatic N) is 1. The number of carbonyl (C=O) groups is 3. The zero-order valence-electron chi connectivity index (χ0n) is 20.9. The second kappa shape index (κ2) is 9.69. The molecule has 1 amide bonds. The Kier molecular flexibility index (Phi) is 6.42. The number of hydrogen-bond acceptors (Lipinski definition) is 4. The molecule has 0 aromatic heterocycles. The van der Waals surface area contributed by atoms with Crippen LogP contribution in [0.5, 0.6) is 5.75 Å². The molecule has 37 heavy (non-hydrogen) atoms. The fourth-order valence-corrected chi connectivity index (χ4v) is 5.31. The minimum atomic E-state index is -1.06. The maximum absolute atomic E-state index is 13.6. The van der Waals surface area contributed by atoms with Gasteiger partial charge in [0.05, 0.1) is 5.56 Å². The lowest BCUT2D eigenvalue weighted by atomic mass is 9.69. The van der Waals surface area contributed by atoms with Crippen LogP contribution in [0.2, 0.25) is 0 Å². The maximum Gasteiger partial charge on any atom is 0.335 e. The molecular weight excluding hydrogens is 466 g/mol. The van der Waals surface area contributed by atoms with Gasteiger partial charge in [-0.25, -0.2) is 4.79 Å². The van der Waals surface area contributed by atoms with Gasteiger partial charge in [0, 0.05) is 35.7 Å². The van der Waals surface area contributed by atoms with E-state index in [0.29, 0.717) is 42.2 Å². The molecule has 0 saturated heterocycles. The van der Waals surface area contributed by atoms with Gasteiger partial charge in [-0.1, -0.05) is 62.4 Å². The Morgan fingerprint density at radius 2 is 1.70 bits per heavy atom. The van der Waals surface area contributed by atoms with Crippen molar-refractivity contribution in [3.05, 3.63) is 107 Å². The molecule has 0 bridgehead atoms. The maximum atomic E-state index is 13.6. The normalized spacial score (nSPS) is 19.0. The van der Waals surface area contributed by atoms with Crippen molar-refractivity contribution in [2.75, 3.05) is 4.90 Å². The lowest BCUT2D eigenvalue weighted by molar-refractivity contribution is -0.121. The number of ketones is 1. The lowest BCUT2D eigenvalue weighted by Gasteiger charge is -2.43. The number of carboxylic acid groups (broad SMARTS) is 1. The van der Waals surface area contributed by atoms with Gasteiger partial charge in [0.1, 0.15) is 12.4 Å². The van der Waals surface area contributed by atoms with Crippen molar-refractivity contribution >= 4 is 23.3 Å². The Balaban J connectivity index is 1.49. The van der Waals surface area contributed by atoms with Crippen LogP contribution >= 0.6 is 0 Å². The predicted molar refractivity (Wildman–Crippen MR) is 141 cm³/mol. The fourth-order valence-electron chi connectivity index (χ4n) is 5.31. The summed E-state index contributed by atoms with van der Waals surface area (Å²) in [5, 5.41) is 9.47. The van der Waals surface area contributed by atoms with E-state index in [4.69, 9.17) is 4.74 Å². The average molecular weight is 496 g/mol. The van der Waals surface area contributed by atoms with Crippen molar-refractivity contribution in [2.24, 2.45) is 5.41 Å². The molecule has 1 unspecified atom stereocenters. The van der Waals surface area contributed by atoms with Crippen LogP contribution in [0.4, 0.5) is 5.69 Å². The second-order valence-electron chi connectivity index (χ2n) is 10.5. The van der Waals surface area contributed by atoms with Crippen LogP contribution in [0.3, 0.4) is 0 Å². The van der Waals surface area contributed by atoms with Crippen molar-refractivity contribution in [3.8, 4) is 5.75 Å². The zero-order chi connectivity index (χ0) is 26.2. The first kappa shape index (κ1) is 24.5. The summed E-state index contributed by atoms with van der Waals surface area (Å²) in [5.74, 6) is -0.818. The Bertz CT molecular complexity index is 1390. The highest BCUT2D eigenvalue weighted by Crippen LogP contribution is 2.48. The van der Waals surface area contributed by atoms with Gasteiger partial charge in [0.2, 0.25) is 5.91 Å². The summed E-state index contributed by atoms with van der Waals surface area (Å²) in [4.78, 5) is 40.2. The quantitative estimate of drug-likeness (QED) is 0.445. The Morgan fingerprint density at radius 1 is 0.973 bits per heavy atom. The SMILES string of the molecule is CC1(C)CC(=O)C2=C(C1)N(c1cccc(C(=O)O)c1)C(=O)CC2c1ccc(OCc2ccccc2)cc1. The summed E-state index contributed by atoms with van der Waals surface area (Å²) in [6.45, 7) is 4.50. The van der Waals surface area contributed by atoms with Gasteiger partial charge in [0.25, 0.3) is 0 Å². The van der Waals surface area contributed by atoms with E-state index >= 15 is 0 Å². The molecule has 1 atom stereocenters. The molecule has 0 spiro atoms. The molecule has 0 saturated carbocycles. The van der Waals surface area contributed by atoms with Crippen molar-refractivity contribution in [2.45, 2.75) is 45.6 Å². The highest BCUT2D eigenvalue weighted by Gasteiger charge is 2.44. The third-order valence-electron chi connectivity index (χ3n) is 7.03. The topological polar surface area (TPSA) is 83.9 Å². The lowest BCUT2D eigenvalue weighted by Crippen LogP contribution is -2.43. The van der Waals surface area contributed by atoms with Crippen molar-refractivity contribution in [1.29, 1.82) is 0 Å². The molecule has 188 valence electrons. The van der Waals surface area contributed by atoms with Crippen LogP contribution in [0.1, 0.15) is 60.5 Å². The highest BCUT2D eigenvalue weighted by molar-refractivity contribution is 6.08. The summed E-state index contributed by atoms with van der Waals surface area (Å²) in [7, 11) is 0. The number of benzene rings is 3. The van der Waals surface area contributed by atoms with Gasteiger partial charge in [-0.05, 0) is 53.3 Å². The molecule has 5 rings (SSSR count). The van der Waals surface area contributed by atoms with Crippen LogP contribution < -0.4 is 9.64 Å². The van der Waals surface area contributed by atoms with Gasteiger partial charge in [-0.2, -0.15) is 0 Å². The number of ether oxygens (including phenoxy) is 1. The second-order valence-corrected chi connectivity index (χ2v) is 10.5. The first-order valence-corrected chi connectivity index (χ1v) is 12.4. The van der Waals surface area contributed by atoms with E-state index in [1.807, 2.05) is 68.4 Å². The number of amides is 1. The first-order valence-electron chi connectivity index (χ1n) is 12.4. The van der Waals surface area contributed by atoms with Crippen LogP contribution in [0, 0.1) is 5.41 Å². The molecule has 1 aliphatic carbocycles. The summed E-state index contributed by atoms with van der Waals surface area (Å²) in [6.07, 6.45) is 1.08. The monoisotopic (exact) mass is 495 g/mol. The molecule has 2 aliphatic rings. The first-order chi connectivity index (χ1) is 17.7. The number of rotatable bonds is 6. The van der Waals surface area contributed by atoms with Crippen LogP contribution in [0.15, 0.2) is 90.1 Å². The minimum Gasteiger partial charge on any atom is -0.489 e. The van der Waals surface area contributed by atoms with E-state index < -0.39 is 5.97 Å². The molecule has 1 aliphatic heterocycles. The van der Waals surface area contributed by atoms with Crippen molar-refractivity contribution in [3.63, 3.8) is 0 Å². The van der Waals surface area contributed by atoms with Crippen LogP contribution in [0.25, 0.3) is 0 Å². The molecule has 0 fully saturated rings. The molecule has 6 nitrogen and oxygen atoms in total. The smallest absolute Gasteiger partial charge is 0.335 e. The van der Waals surface area contributed by atoms with Crippen LogP contribution in [-0.2, 0) is 16.2 Å². The summed E-state index contributed by atoms with van der Waals surface area (Å²) < 4.78 is 5.91. The predicted octanol–water partition coefficient (Wildman–Crippen LogP) is 6.13.